The first-order valence-electron chi connectivity index (χ1n) is 6.66. The van der Waals surface area contributed by atoms with Gasteiger partial charge in [-0.2, -0.15) is 9.57 Å². The number of hydrogen-bond donors (Lipinski definition) is 0. The summed E-state index contributed by atoms with van der Waals surface area (Å²) in [7, 11) is -3.75. The number of esters is 1. The summed E-state index contributed by atoms with van der Waals surface area (Å²) in [6.45, 7) is 1.61. The van der Waals surface area contributed by atoms with Crippen LogP contribution in [0.5, 0.6) is 0 Å². The summed E-state index contributed by atoms with van der Waals surface area (Å²) >= 11 is 0. The lowest BCUT2D eigenvalue weighted by Gasteiger charge is -2.20. The summed E-state index contributed by atoms with van der Waals surface area (Å²) in [6.07, 6.45) is 1.49. The topological polar surface area (TPSA) is 87.5 Å². The van der Waals surface area contributed by atoms with E-state index in [4.69, 9.17) is 10.00 Å². The van der Waals surface area contributed by atoms with Crippen LogP contribution in [0, 0.1) is 11.3 Å². The minimum Gasteiger partial charge on any atom is -0.465 e. The van der Waals surface area contributed by atoms with Crippen molar-refractivity contribution < 1.29 is 17.9 Å². The van der Waals surface area contributed by atoms with Crippen LogP contribution in [0.4, 0.5) is 0 Å². The van der Waals surface area contributed by atoms with Crippen LogP contribution in [0.15, 0.2) is 29.2 Å². The zero-order valence-electron chi connectivity index (χ0n) is 11.7. The van der Waals surface area contributed by atoms with E-state index in [1.165, 1.54) is 28.6 Å². The van der Waals surface area contributed by atoms with Gasteiger partial charge in [-0.15, -0.1) is 0 Å². The van der Waals surface area contributed by atoms with Crippen molar-refractivity contribution in [2.75, 3.05) is 13.2 Å². The molecule has 0 heterocycles. The van der Waals surface area contributed by atoms with Crippen LogP contribution in [0.1, 0.15) is 25.3 Å². The molecule has 0 atom stereocenters. The van der Waals surface area contributed by atoms with Crippen molar-refractivity contribution in [2.24, 2.45) is 0 Å². The Balaban J connectivity index is 2.25. The maximum atomic E-state index is 12.6. The van der Waals surface area contributed by atoms with Gasteiger partial charge in [-0.1, -0.05) is 0 Å². The molecule has 0 bridgehead atoms. The van der Waals surface area contributed by atoms with Crippen LogP contribution >= 0.6 is 0 Å². The van der Waals surface area contributed by atoms with Crippen molar-refractivity contribution in [3.8, 4) is 6.07 Å². The van der Waals surface area contributed by atoms with Gasteiger partial charge >= 0.3 is 5.97 Å². The molecular formula is C14H16N2O4S. The maximum absolute atomic E-state index is 12.6. The number of ether oxygens (including phenoxy) is 1. The molecule has 0 spiro atoms. The number of nitrogens with zero attached hydrogens (tertiary/aromatic N) is 2. The first-order valence-corrected chi connectivity index (χ1v) is 8.10. The van der Waals surface area contributed by atoms with Crippen molar-refractivity contribution >= 4 is 16.0 Å². The van der Waals surface area contributed by atoms with Gasteiger partial charge in [0.05, 0.1) is 23.1 Å². The Hall–Kier alpha value is -1.91. The van der Waals surface area contributed by atoms with Gasteiger partial charge in [0, 0.05) is 6.04 Å². The summed E-state index contributed by atoms with van der Waals surface area (Å²) in [5.41, 5.74) is 0.386. The smallest absolute Gasteiger partial charge is 0.321 e. The first kappa shape index (κ1) is 15.5. The number of sulfonamides is 1. The molecular weight excluding hydrogens is 292 g/mol. The normalized spacial score (nSPS) is 14.7. The molecule has 112 valence electrons. The maximum Gasteiger partial charge on any atom is 0.321 e. The average molecular weight is 308 g/mol. The Labute approximate surface area is 124 Å². The van der Waals surface area contributed by atoms with Gasteiger partial charge in [0.15, 0.2) is 0 Å². The van der Waals surface area contributed by atoms with Gasteiger partial charge in [-0.25, -0.2) is 8.42 Å². The van der Waals surface area contributed by atoms with E-state index in [9.17, 15) is 13.2 Å². The van der Waals surface area contributed by atoms with Crippen LogP contribution in [-0.4, -0.2) is 37.9 Å². The summed E-state index contributed by atoms with van der Waals surface area (Å²) in [5.74, 6) is -0.554. The zero-order chi connectivity index (χ0) is 15.5. The van der Waals surface area contributed by atoms with Crippen LogP contribution in [0.3, 0.4) is 0 Å². The van der Waals surface area contributed by atoms with E-state index in [1.54, 1.807) is 6.92 Å². The van der Waals surface area contributed by atoms with Gasteiger partial charge in [0.2, 0.25) is 10.0 Å². The zero-order valence-corrected chi connectivity index (χ0v) is 12.5. The van der Waals surface area contributed by atoms with Crippen LogP contribution in [0.2, 0.25) is 0 Å². The number of rotatable bonds is 6. The number of benzene rings is 1. The minimum absolute atomic E-state index is 0.0812. The molecule has 0 saturated heterocycles. The highest BCUT2D eigenvalue weighted by Crippen LogP contribution is 2.31. The first-order chi connectivity index (χ1) is 9.98. The van der Waals surface area contributed by atoms with E-state index in [1.807, 2.05) is 6.07 Å². The van der Waals surface area contributed by atoms with Gasteiger partial charge in [-0.05, 0) is 44.0 Å². The third-order valence-corrected chi connectivity index (χ3v) is 5.05. The summed E-state index contributed by atoms with van der Waals surface area (Å²) in [4.78, 5) is 11.7. The van der Waals surface area contributed by atoms with Gasteiger partial charge in [-0.3, -0.25) is 4.79 Å². The van der Waals surface area contributed by atoms with Crippen LogP contribution in [0.25, 0.3) is 0 Å². The van der Waals surface area contributed by atoms with E-state index in [0.717, 1.165) is 12.8 Å². The predicted molar refractivity (Wildman–Crippen MR) is 74.7 cm³/mol. The summed E-state index contributed by atoms with van der Waals surface area (Å²) in [6, 6.07) is 7.45. The van der Waals surface area contributed by atoms with Gasteiger partial charge in [0.25, 0.3) is 0 Å². The second-order valence-electron chi connectivity index (χ2n) is 4.72. The van der Waals surface area contributed by atoms with Crippen LogP contribution < -0.4 is 0 Å². The molecule has 1 aromatic carbocycles. The molecule has 7 heteroatoms. The van der Waals surface area contributed by atoms with E-state index < -0.39 is 16.0 Å². The highest BCUT2D eigenvalue weighted by molar-refractivity contribution is 7.89. The Morgan fingerprint density at radius 3 is 2.48 bits per heavy atom. The molecule has 0 amide bonds. The molecule has 1 aliphatic carbocycles. The van der Waals surface area contributed by atoms with E-state index in [0.29, 0.717) is 5.56 Å². The molecule has 1 aliphatic rings. The predicted octanol–water partition coefficient (Wildman–Crippen LogP) is 1.27. The molecule has 1 aromatic rings. The SMILES string of the molecule is CCOC(=O)CN(C1CC1)S(=O)(=O)c1ccc(C#N)cc1. The number of carbonyl (C=O) groups is 1. The molecule has 0 N–H and O–H groups in total. The van der Waals surface area contributed by atoms with Crippen LogP contribution in [-0.2, 0) is 19.6 Å². The van der Waals surface area contributed by atoms with Crippen molar-refractivity contribution in [1.82, 2.24) is 4.31 Å². The standard InChI is InChI=1S/C14H16N2O4S/c1-2-20-14(17)10-16(12-5-6-12)21(18,19)13-7-3-11(9-15)4-8-13/h3-4,7-8,12H,2,5-6,10H2,1H3. The molecule has 0 unspecified atom stereocenters. The summed E-state index contributed by atoms with van der Waals surface area (Å²) in [5, 5.41) is 8.75. The Kier molecular flexibility index (Phi) is 4.60. The van der Waals surface area contributed by atoms with E-state index in [2.05, 4.69) is 0 Å². The lowest BCUT2D eigenvalue weighted by atomic mass is 10.2. The molecule has 0 radical (unpaired) electrons. The quantitative estimate of drug-likeness (QED) is 0.739. The lowest BCUT2D eigenvalue weighted by molar-refractivity contribution is -0.143. The lowest BCUT2D eigenvalue weighted by Crippen LogP contribution is -2.38. The number of hydrogen-bond acceptors (Lipinski definition) is 5. The molecule has 1 saturated carbocycles. The molecule has 2 rings (SSSR count). The molecule has 21 heavy (non-hydrogen) atoms. The van der Waals surface area contributed by atoms with E-state index >= 15 is 0 Å². The third-order valence-electron chi connectivity index (χ3n) is 3.13. The molecule has 1 fully saturated rings. The molecule has 0 aliphatic heterocycles. The monoisotopic (exact) mass is 308 g/mol. The minimum atomic E-state index is -3.75. The average Bonchev–Trinajstić information content (AvgIpc) is 3.29. The van der Waals surface area contributed by atoms with E-state index in [-0.39, 0.29) is 24.1 Å². The fraction of sp³-hybridized carbons (Fsp3) is 0.429. The Morgan fingerprint density at radius 1 is 1.38 bits per heavy atom. The highest BCUT2D eigenvalue weighted by atomic mass is 32.2. The molecule has 0 aromatic heterocycles. The van der Waals surface area contributed by atoms with Crippen molar-refractivity contribution in [2.45, 2.75) is 30.7 Å². The largest absolute Gasteiger partial charge is 0.465 e. The molecule has 6 nitrogen and oxygen atoms in total. The Bertz CT molecular complexity index is 657. The second kappa shape index (κ2) is 6.24. The van der Waals surface area contributed by atoms with Crippen molar-refractivity contribution in [3.63, 3.8) is 0 Å². The van der Waals surface area contributed by atoms with Crippen molar-refractivity contribution in [3.05, 3.63) is 29.8 Å². The second-order valence-corrected chi connectivity index (χ2v) is 6.61. The fourth-order valence-corrected chi connectivity index (χ4v) is 3.57. The Morgan fingerprint density at radius 2 is 2.00 bits per heavy atom. The van der Waals surface area contributed by atoms with Gasteiger partial charge in [0.1, 0.15) is 6.54 Å². The third kappa shape index (κ3) is 3.60. The number of carbonyl (C=O) groups excluding carboxylic acids is 1. The number of nitriles is 1. The fourth-order valence-electron chi connectivity index (χ4n) is 1.94. The highest BCUT2D eigenvalue weighted by Gasteiger charge is 2.39. The summed E-state index contributed by atoms with van der Waals surface area (Å²) < 4.78 is 31.2. The van der Waals surface area contributed by atoms with Gasteiger partial charge < -0.3 is 4.74 Å². The van der Waals surface area contributed by atoms with Crippen molar-refractivity contribution in [1.29, 1.82) is 5.26 Å².